The number of amidine groups is 1. The fourth-order valence-electron chi connectivity index (χ4n) is 2.44. The van der Waals surface area contributed by atoms with E-state index in [9.17, 15) is 0 Å². The third-order valence-electron chi connectivity index (χ3n) is 3.65. The number of nitrogens with zero attached hydrogens (tertiary/aromatic N) is 3. The van der Waals surface area contributed by atoms with E-state index in [0.29, 0.717) is 29.7 Å². The predicted octanol–water partition coefficient (Wildman–Crippen LogP) is 3.31. The molecule has 3 rings (SSSR count). The van der Waals surface area contributed by atoms with Crippen LogP contribution in [0.25, 0.3) is 0 Å². The van der Waals surface area contributed by atoms with Gasteiger partial charge in [0.15, 0.2) is 6.19 Å². The minimum atomic E-state index is 0.0646. The van der Waals surface area contributed by atoms with Gasteiger partial charge in [-0.15, -0.1) is 0 Å². The molecule has 0 amide bonds. The maximum atomic E-state index is 8.90. The van der Waals surface area contributed by atoms with Crippen molar-refractivity contribution in [2.75, 3.05) is 31.2 Å². The predicted molar refractivity (Wildman–Crippen MR) is 97.4 cm³/mol. The van der Waals surface area contributed by atoms with Crippen LogP contribution in [0.1, 0.15) is 0 Å². The molecule has 1 N–H and O–H groups in total. The van der Waals surface area contributed by atoms with Gasteiger partial charge in [0, 0.05) is 18.8 Å². The van der Waals surface area contributed by atoms with Crippen molar-refractivity contribution in [3.05, 3.63) is 53.6 Å². The number of rotatable bonds is 3. The maximum Gasteiger partial charge on any atom is 0.309 e. The Morgan fingerprint density at radius 1 is 1.20 bits per heavy atom. The molecule has 0 radical (unpaired) electrons. The molecule has 1 saturated heterocycles. The van der Waals surface area contributed by atoms with Crippen LogP contribution in [0.5, 0.6) is 5.75 Å². The number of nitriles is 1. The van der Waals surface area contributed by atoms with Gasteiger partial charge in [0.05, 0.1) is 23.9 Å². The Morgan fingerprint density at radius 2 is 1.96 bits per heavy atom. The highest BCUT2D eigenvalue weighted by Crippen LogP contribution is 2.30. The number of hydrogen-bond donors (Lipinski definition) is 1. The Morgan fingerprint density at radius 3 is 2.64 bits per heavy atom. The van der Waals surface area contributed by atoms with Gasteiger partial charge >= 0.3 is 6.02 Å². The van der Waals surface area contributed by atoms with Crippen LogP contribution >= 0.6 is 11.6 Å². The summed E-state index contributed by atoms with van der Waals surface area (Å²) in [4.78, 5) is 6.52. The molecule has 0 atom stereocenters. The van der Waals surface area contributed by atoms with Crippen molar-refractivity contribution >= 4 is 29.0 Å². The number of anilines is 1. The Labute approximate surface area is 151 Å². The van der Waals surface area contributed by atoms with Gasteiger partial charge in [-0.3, -0.25) is 0 Å². The summed E-state index contributed by atoms with van der Waals surface area (Å²) >= 11 is 6.36. The Kier molecular flexibility index (Phi) is 5.73. The van der Waals surface area contributed by atoms with Crippen LogP contribution in [-0.4, -0.2) is 32.3 Å². The lowest BCUT2D eigenvalue weighted by Crippen LogP contribution is -2.36. The van der Waals surface area contributed by atoms with E-state index in [-0.39, 0.29) is 6.02 Å². The number of halogens is 1. The molecule has 0 bridgehead atoms. The largest absolute Gasteiger partial charge is 0.425 e. The summed E-state index contributed by atoms with van der Waals surface area (Å²) in [5.41, 5.74) is 1.54. The molecular weight excluding hydrogens is 340 g/mol. The van der Waals surface area contributed by atoms with Crippen LogP contribution in [0.15, 0.2) is 53.5 Å². The summed E-state index contributed by atoms with van der Waals surface area (Å²) < 4.78 is 11.0. The molecule has 1 aliphatic heterocycles. The molecule has 2 aromatic carbocycles. The zero-order valence-corrected chi connectivity index (χ0v) is 14.2. The van der Waals surface area contributed by atoms with Gasteiger partial charge in [-0.1, -0.05) is 29.8 Å². The molecule has 0 spiro atoms. The minimum Gasteiger partial charge on any atom is -0.425 e. The lowest BCUT2D eigenvalue weighted by Gasteiger charge is -2.29. The summed E-state index contributed by atoms with van der Waals surface area (Å²) in [6.45, 7) is 3.08. The molecule has 1 aliphatic rings. The molecule has 0 aromatic heterocycles. The molecule has 0 aliphatic carbocycles. The summed E-state index contributed by atoms with van der Waals surface area (Å²) in [6.07, 6.45) is 1.82. The lowest BCUT2D eigenvalue weighted by atomic mass is 10.2. The smallest absolute Gasteiger partial charge is 0.309 e. The van der Waals surface area contributed by atoms with E-state index >= 15 is 0 Å². The Balaban J connectivity index is 1.80. The second-order valence-electron chi connectivity index (χ2n) is 5.30. The normalized spacial score (nSPS) is 14.7. The number of benzene rings is 2. The molecule has 1 fully saturated rings. The van der Waals surface area contributed by atoms with Gasteiger partial charge in [0.1, 0.15) is 5.75 Å². The van der Waals surface area contributed by atoms with E-state index in [1.165, 1.54) is 0 Å². The van der Waals surface area contributed by atoms with Gasteiger partial charge in [0.2, 0.25) is 0 Å². The first-order valence-corrected chi connectivity index (χ1v) is 8.23. The van der Waals surface area contributed by atoms with E-state index in [0.717, 1.165) is 18.8 Å². The first kappa shape index (κ1) is 17.1. The SMILES string of the molecule is N#CNC(=Nc1ccc(N2CCOCC2)cc1Cl)Oc1ccccc1. The van der Waals surface area contributed by atoms with Gasteiger partial charge in [-0.05, 0) is 30.3 Å². The van der Waals surface area contributed by atoms with E-state index in [4.69, 9.17) is 26.3 Å². The van der Waals surface area contributed by atoms with Gasteiger partial charge in [-0.2, -0.15) is 10.3 Å². The highest BCUT2D eigenvalue weighted by molar-refractivity contribution is 6.33. The number of ether oxygens (including phenoxy) is 2. The maximum absolute atomic E-state index is 8.90. The van der Waals surface area contributed by atoms with E-state index < -0.39 is 0 Å². The van der Waals surface area contributed by atoms with Crippen LogP contribution in [0.3, 0.4) is 0 Å². The van der Waals surface area contributed by atoms with Gasteiger partial charge in [-0.25, -0.2) is 5.32 Å². The van der Waals surface area contributed by atoms with E-state index in [1.807, 2.05) is 36.5 Å². The average Bonchev–Trinajstić information content (AvgIpc) is 2.65. The molecule has 128 valence electrons. The second-order valence-corrected chi connectivity index (χ2v) is 5.71. The third-order valence-corrected chi connectivity index (χ3v) is 3.95. The number of para-hydroxylation sites is 1. The van der Waals surface area contributed by atoms with Crippen molar-refractivity contribution in [3.8, 4) is 11.9 Å². The number of hydrogen-bond acceptors (Lipinski definition) is 5. The third kappa shape index (κ3) is 4.63. The van der Waals surface area contributed by atoms with Crippen LogP contribution in [0.4, 0.5) is 11.4 Å². The summed E-state index contributed by atoms with van der Waals surface area (Å²) in [6, 6.07) is 14.8. The Bertz CT molecular complexity index is 783. The molecule has 2 aromatic rings. The van der Waals surface area contributed by atoms with Crippen LogP contribution < -0.4 is 15.0 Å². The summed E-state index contributed by atoms with van der Waals surface area (Å²) in [5, 5.41) is 11.8. The first-order chi connectivity index (χ1) is 12.3. The van der Waals surface area contributed by atoms with Crippen molar-refractivity contribution in [1.29, 1.82) is 5.26 Å². The molecular formula is C18H17ClN4O2. The van der Waals surface area contributed by atoms with E-state index in [2.05, 4.69) is 15.2 Å². The zero-order valence-electron chi connectivity index (χ0n) is 13.5. The molecule has 1 heterocycles. The quantitative estimate of drug-likeness (QED) is 0.395. The molecule has 7 heteroatoms. The van der Waals surface area contributed by atoms with Crippen LogP contribution in [-0.2, 0) is 4.74 Å². The average molecular weight is 357 g/mol. The zero-order chi connectivity index (χ0) is 17.5. The highest BCUT2D eigenvalue weighted by atomic mass is 35.5. The fourth-order valence-corrected chi connectivity index (χ4v) is 2.66. The number of morpholine rings is 1. The molecule has 25 heavy (non-hydrogen) atoms. The van der Waals surface area contributed by atoms with Crippen molar-refractivity contribution in [1.82, 2.24) is 5.32 Å². The van der Waals surface area contributed by atoms with Crippen molar-refractivity contribution < 1.29 is 9.47 Å². The molecule has 0 unspecified atom stereocenters. The fraction of sp³-hybridized carbons (Fsp3) is 0.222. The van der Waals surface area contributed by atoms with E-state index in [1.54, 1.807) is 18.2 Å². The number of nitrogens with one attached hydrogen (secondary N) is 1. The number of aliphatic imine (C=N–C) groups is 1. The summed E-state index contributed by atoms with van der Waals surface area (Å²) in [5.74, 6) is 0.574. The monoisotopic (exact) mass is 356 g/mol. The van der Waals surface area contributed by atoms with Gasteiger partial charge in [0.25, 0.3) is 0 Å². The Hall–Kier alpha value is -2.75. The highest BCUT2D eigenvalue weighted by Gasteiger charge is 2.13. The van der Waals surface area contributed by atoms with Crippen molar-refractivity contribution in [2.45, 2.75) is 0 Å². The van der Waals surface area contributed by atoms with Crippen LogP contribution in [0, 0.1) is 11.5 Å². The van der Waals surface area contributed by atoms with Crippen molar-refractivity contribution in [2.24, 2.45) is 4.99 Å². The summed E-state index contributed by atoms with van der Waals surface area (Å²) in [7, 11) is 0. The topological polar surface area (TPSA) is 69.9 Å². The van der Waals surface area contributed by atoms with Gasteiger partial charge < -0.3 is 14.4 Å². The molecule has 6 nitrogen and oxygen atoms in total. The standard InChI is InChI=1S/C18H17ClN4O2/c19-16-12-14(23-8-10-24-11-9-23)6-7-17(16)22-18(21-13-20)25-15-4-2-1-3-5-15/h1-7,12H,8-11H2,(H,21,22). The first-order valence-electron chi connectivity index (χ1n) is 7.85. The minimum absolute atomic E-state index is 0.0646. The lowest BCUT2D eigenvalue weighted by molar-refractivity contribution is 0.122. The van der Waals surface area contributed by atoms with Crippen LogP contribution in [0.2, 0.25) is 5.02 Å². The van der Waals surface area contributed by atoms with Crippen molar-refractivity contribution in [3.63, 3.8) is 0 Å². The molecule has 0 saturated carbocycles. The second kappa shape index (κ2) is 8.38.